The van der Waals surface area contributed by atoms with Gasteiger partial charge in [-0.2, -0.15) is 0 Å². The summed E-state index contributed by atoms with van der Waals surface area (Å²) in [5.74, 6) is 1.48. The Morgan fingerprint density at radius 3 is 2.80 bits per heavy atom. The molecule has 3 heterocycles. The number of amides is 1. The van der Waals surface area contributed by atoms with Crippen LogP contribution in [0.4, 0.5) is 5.69 Å². The minimum absolute atomic E-state index is 0.0291. The maximum Gasteiger partial charge on any atom is 0.233 e. The van der Waals surface area contributed by atoms with Gasteiger partial charge in [0.05, 0.1) is 35.4 Å². The average Bonchev–Trinajstić information content (AvgIpc) is 3.32. The number of methoxy groups -OCH3 is 1. The molecule has 4 aromatic rings. The van der Waals surface area contributed by atoms with E-state index in [2.05, 4.69) is 39.5 Å². The summed E-state index contributed by atoms with van der Waals surface area (Å²) in [5.41, 5.74) is 9.31. The zero-order valence-electron chi connectivity index (χ0n) is 19.8. The Morgan fingerprint density at radius 1 is 1.14 bits per heavy atom. The fraction of sp³-hybridized carbons (Fsp3) is 0.346. The molecule has 182 valence electrons. The van der Waals surface area contributed by atoms with Crippen LogP contribution in [-0.4, -0.2) is 66.4 Å². The normalized spacial score (nSPS) is 14.5. The fourth-order valence-corrected chi connectivity index (χ4v) is 4.57. The van der Waals surface area contributed by atoms with E-state index < -0.39 is 0 Å². The van der Waals surface area contributed by atoms with E-state index in [9.17, 15) is 4.79 Å². The van der Waals surface area contributed by atoms with Gasteiger partial charge in [-0.1, -0.05) is 12.1 Å². The van der Waals surface area contributed by atoms with Gasteiger partial charge in [0.1, 0.15) is 24.5 Å². The van der Waals surface area contributed by atoms with E-state index >= 15 is 0 Å². The van der Waals surface area contributed by atoms with Crippen molar-refractivity contribution in [3.8, 4) is 11.6 Å². The highest BCUT2D eigenvalue weighted by atomic mass is 16.5. The Balaban J connectivity index is 1.41. The topological polar surface area (TPSA) is 108 Å². The summed E-state index contributed by atoms with van der Waals surface area (Å²) in [6.45, 7) is 2.76. The molecule has 1 amide bonds. The summed E-state index contributed by atoms with van der Waals surface area (Å²) in [5, 5.41) is 4.09. The van der Waals surface area contributed by atoms with Gasteiger partial charge in [-0.25, -0.2) is 9.97 Å². The van der Waals surface area contributed by atoms with Crippen LogP contribution in [0.1, 0.15) is 12.8 Å². The summed E-state index contributed by atoms with van der Waals surface area (Å²) >= 11 is 0. The van der Waals surface area contributed by atoms with Crippen molar-refractivity contribution in [1.29, 1.82) is 0 Å². The first-order chi connectivity index (χ1) is 17.2. The van der Waals surface area contributed by atoms with E-state index in [1.165, 1.54) is 0 Å². The number of hydrogen-bond donors (Lipinski definition) is 2. The number of benzene rings is 2. The third kappa shape index (κ3) is 4.91. The second-order valence-electron chi connectivity index (χ2n) is 8.66. The van der Waals surface area contributed by atoms with Gasteiger partial charge in [0.25, 0.3) is 0 Å². The standard InChI is InChI=1S/C26H30N6O3/c1-34-13-14-35-20-6-7-22-21(15-20)28-17-32(22)24-8-5-18-3-2-4-23(26(18)30-24)31-11-9-19(10-12-31)29-25(33)16-27/h2-8,15,17,19H,9-14,16,27H2,1H3,(H,29,33). The molecule has 2 aromatic heterocycles. The maximum absolute atomic E-state index is 11.6. The van der Waals surface area contributed by atoms with Crippen LogP contribution in [0.5, 0.6) is 5.75 Å². The van der Waals surface area contributed by atoms with Crippen LogP contribution in [0.3, 0.4) is 0 Å². The van der Waals surface area contributed by atoms with E-state index in [1.54, 1.807) is 13.4 Å². The highest BCUT2D eigenvalue weighted by Gasteiger charge is 2.22. The zero-order chi connectivity index (χ0) is 24.2. The number of para-hydroxylation sites is 1. The molecular weight excluding hydrogens is 444 g/mol. The first-order valence-electron chi connectivity index (χ1n) is 11.9. The number of pyridine rings is 1. The first kappa shape index (κ1) is 23.1. The number of nitrogens with two attached hydrogens (primary N) is 1. The van der Waals surface area contributed by atoms with Gasteiger partial charge in [-0.05, 0) is 43.2 Å². The van der Waals surface area contributed by atoms with Crippen molar-refractivity contribution in [3.05, 3.63) is 54.9 Å². The third-order valence-electron chi connectivity index (χ3n) is 6.39. The number of fused-ring (bicyclic) bond motifs is 2. The number of carbonyl (C=O) groups excluding carboxylic acids is 1. The molecule has 1 fully saturated rings. The van der Waals surface area contributed by atoms with Crippen molar-refractivity contribution in [2.75, 3.05) is 44.9 Å². The number of ether oxygens (including phenoxy) is 2. The van der Waals surface area contributed by atoms with Crippen molar-refractivity contribution < 1.29 is 14.3 Å². The number of nitrogens with one attached hydrogen (secondary N) is 1. The monoisotopic (exact) mass is 474 g/mol. The van der Waals surface area contributed by atoms with Crippen LogP contribution < -0.4 is 20.7 Å². The predicted molar refractivity (Wildman–Crippen MR) is 136 cm³/mol. The molecule has 0 unspecified atom stereocenters. The lowest BCUT2D eigenvalue weighted by Crippen LogP contribution is -2.46. The molecule has 0 saturated carbocycles. The van der Waals surface area contributed by atoms with Gasteiger partial charge in [-0.15, -0.1) is 0 Å². The summed E-state index contributed by atoms with van der Waals surface area (Å²) in [6, 6.07) is 16.4. The molecule has 0 atom stereocenters. The predicted octanol–water partition coefficient (Wildman–Crippen LogP) is 2.64. The number of anilines is 1. The van der Waals surface area contributed by atoms with E-state index in [-0.39, 0.29) is 18.5 Å². The number of hydrogen-bond acceptors (Lipinski definition) is 7. The number of carbonyl (C=O) groups is 1. The maximum atomic E-state index is 11.6. The Hall–Kier alpha value is -3.69. The molecule has 0 radical (unpaired) electrons. The van der Waals surface area contributed by atoms with Gasteiger partial charge >= 0.3 is 0 Å². The number of aromatic nitrogens is 3. The molecule has 1 saturated heterocycles. The van der Waals surface area contributed by atoms with Crippen molar-refractivity contribution in [3.63, 3.8) is 0 Å². The van der Waals surface area contributed by atoms with Crippen LogP contribution in [0, 0.1) is 0 Å². The van der Waals surface area contributed by atoms with Gasteiger partial charge in [-0.3, -0.25) is 9.36 Å². The van der Waals surface area contributed by atoms with E-state index in [1.807, 2.05) is 28.8 Å². The van der Waals surface area contributed by atoms with E-state index in [0.717, 1.165) is 65.1 Å². The van der Waals surface area contributed by atoms with Gasteiger partial charge in [0.15, 0.2) is 0 Å². The summed E-state index contributed by atoms with van der Waals surface area (Å²) in [7, 11) is 1.65. The van der Waals surface area contributed by atoms with Crippen LogP contribution >= 0.6 is 0 Å². The fourth-order valence-electron chi connectivity index (χ4n) is 4.57. The number of imidazole rings is 1. The molecular formula is C26H30N6O3. The quantitative estimate of drug-likeness (QED) is 0.378. The van der Waals surface area contributed by atoms with Crippen LogP contribution in [0.2, 0.25) is 0 Å². The van der Waals surface area contributed by atoms with Gasteiger partial charge in [0.2, 0.25) is 5.91 Å². The molecule has 1 aliphatic rings. The molecule has 2 aromatic carbocycles. The summed E-state index contributed by atoms with van der Waals surface area (Å²) < 4.78 is 12.8. The number of nitrogens with zero attached hydrogens (tertiary/aromatic N) is 4. The van der Waals surface area contributed by atoms with Crippen molar-refractivity contribution in [2.24, 2.45) is 5.73 Å². The lowest BCUT2D eigenvalue weighted by Gasteiger charge is -2.34. The SMILES string of the molecule is COCCOc1ccc2c(c1)ncn2-c1ccc2cccc(N3CCC(NC(=O)CN)CC3)c2n1. The molecule has 35 heavy (non-hydrogen) atoms. The van der Waals surface area contributed by atoms with E-state index in [4.69, 9.17) is 20.2 Å². The molecule has 5 rings (SSSR count). The molecule has 0 bridgehead atoms. The smallest absolute Gasteiger partial charge is 0.233 e. The lowest BCUT2D eigenvalue weighted by atomic mass is 10.0. The molecule has 0 aliphatic carbocycles. The van der Waals surface area contributed by atoms with Crippen molar-refractivity contribution in [2.45, 2.75) is 18.9 Å². The Labute approximate surface area is 203 Å². The second kappa shape index (κ2) is 10.3. The number of piperidine rings is 1. The lowest BCUT2D eigenvalue weighted by molar-refractivity contribution is -0.120. The van der Waals surface area contributed by atoms with Crippen LogP contribution in [0.25, 0.3) is 27.8 Å². The second-order valence-corrected chi connectivity index (χ2v) is 8.66. The minimum Gasteiger partial charge on any atom is -0.491 e. The molecule has 9 nitrogen and oxygen atoms in total. The molecule has 0 spiro atoms. The average molecular weight is 475 g/mol. The summed E-state index contributed by atoms with van der Waals surface area (Å²) in [4.78, 5) is 23.6. The zero-order valence-corrected chi connectivity index (χ0v) is 19.8. The third-order valence-corrected chi connectivity index (χ3v) is 6.39. The number of rotatable bonds is 8. The van der Waals surface area contributed by atoms with Crippen molar-refractivity contribution in [1.82, 2.24) is 19.9 Å². The van der Waals surface area contributed by atoms with Gasteiger partial charge in [0, 0.05) is 37.7 Å². The Bertz CT molecular complexity index is 1330. The minimum atomic E-state index is -0.0962. The van der Waals surface area contributed by atoms with Crippen LogP contribution in [0.15, 0.2) is 54.9 Å². The highest BCUT2D eigenvalue weighted by Crippen LogP contribution is 2.30. The molecule has 9 heteroatoms. The van der Waals surface area contributed by atoms with Gasteiger partial charge < -0.3 is 25.4 Å². The van der Waals surface area contributed by atoms with Crippen LogP contribution in [-0.2, 0) is 9.53 Å². The highest BCUT2D eigenvalue weighted by molar-refractivity contribution is 5.92. The molecule has 1 aliphatic heterocycles. The largest absolute Gasteiger partial charge is 0.491 e. The first-order valence-corrected chi connectivity index (χ1v) is 11.9. The van der Waals surface area contributed by atoms with Crippen molar-refractivity contribution >= 4 is 33.5 Å². The summed E-state index contributed by atoms with van der Waals surface area (Å²) in [6.07, 6.45) is 3.55. The Morgan fingerprint density at radius 2 is 2.00 bits per heavy atom. The van der Waals surface area contributed by atoms with E-state index in [0.29, 0.717) is 13.2 Å². The molecule has 3 N–H and O–H groups in total. The Kier molecular flexibility index (Phi) is 6.78.